The summed E-state index contributed by atoms with van der Waals surface area (Å²) in [5.41, 5.74) is 6.78. The second kappa shape index (κ2) is 6.35. The molecule has 0 fully saturated rings. The summed E-state index contributed by atoms with van der Waals surface area (Å²) in [4.78, 5) is 13.0. The second-order valence-electron chi connectivity index (χ2n) is 4.12. The van der Waals surface area contributed by atoms with Gasteiger partial charge in [-0.25, -0.2) is 4.79 Å². The van der Waals surface area contributed by atoms with Crippen LogP contribution in [0.4, 0.5) is 10.5 Å². The zero-order chi connectivity index (χ0) is 14.7. The lowest BCUT2D eigenvalue weighted by Crippen LogP contribution is -2.35. The zero-order valence-electron chi connectivity index (χ0n) is 10.3. The molecule has 2 rings (SSSR count). The van der Waals surface area contributed by atoms with E-state index in [0.717, 1.165) is 5.56 Å². The van der Waals surface area contributed by atoms with Crippen molar-refractivity contribution in [1.82, 2.24) is 0 Å². The fourth-order valence-electron chi connectivity index (χ4n) is 1.77. The van der Waals surface area contributed by atoms with Gasteiger partial charge in [0.2, 0.25) is 0 Å². The van der Waals surface area contributed by atoms with Gasteiger partial charge in [-0.2, -0.15) is 0 Å². The van der Waals surface area contributed by atoms with Crippen LogP contribution in [0.25, 0.3) is 0 Å². The summed E-state index contributed by atoms with van der Waals surface area (Å²) < 4.78 is 0. The molecule has 2 N–H and O–H groups in total. The second-order valence-corrected chi connectivity index (χ2v) is 5.35. The third kappa shape index (κ3) is 3.37. The first-order valence-electron chi connectivity index (χ1n) is 5.74. The molecule has 0 atom stereocenters. The van der Waals surface area contributed by atoms with E-state index in [-0.39, 0.29) is 6.54 Å². The molecule has 2 aromatic rings. The quantitative estimate of drug-likeness (QED) is 0.869. The molecular weight excluding hydrogens is 319 g/mol. The SMILES string of the molecule is NC(=O)N(Cc1ccc(Cl)c(Cl)c1)c1ccccc1Cl. The van der Waals surface area contributed by atoms with E-state index in [4.69, 9.17) is 40.5 Å². The number of rotatable bonds is 3. The number of primary amides is 1. The van der Waals surface area contributed by atoms with Crippen molar-refractivity contribution in [3.63, 3.8) is 0 Å². The average Bonchev–Trinajstić information content (AvgIpc) is 2.41. The summed E-state index contributed by atoms with van der Waals surface area (Å²) in [5, 5.41) is 1.33. The van der Waals surface area contributed by atoms with Crippen LogP contribution in [-0.4, -0.2) is 6.03 Å². The Morgan fingerprint density at radius 2 is 1.70 bits per heavy atom. The fourth-order valence-corrected chi connectivity index (χ4v) is 2.33. The van der Waals surface area contributed by atoms with Crippen LogP contribution in [0.3, 0.4) is 0 Å². The van der Waals surface area contributed by atoms with Crippen LogP contribution < -0.4 is 10.6 Å². The van der Waals surface area contributed by atoms with Gasteiger partial charge in [0.25, 0.3) is 0 Å². The third-order valence-corrected chi connectivity index (χ3v) is 3.79. The first-order chi connectivity index (χ1) is 9.49. The van der Waals surface area contributed by atoms with Crippen LogP contribution in [0.15, 0.2) is 42.5 Å². The highest BCUT2D eigenvalue weighted by atomic mass is 35.5. The minimum Gasteiger partial charge on any atom is -0.351 e. The van der Waals surface area contributed by atoms with Crippen molar-refractivity contribution in [2.45, 2.75) is 6.54 Å². The molecule has 0 aromatic heterocycles. The summed E-state index contributed by atoms with van der Waals surface area (Å²) in [6.45, 7) is 0.260. The van der Waals surface area contributed by atoms with E-state index in [0.29, 0.717) is 20.8 Å². The van der Waals surface area contributed by atoms with Crippen molar-refractivity contribution in [2.75, 3.05) is 4.90 Å². The molecule has 0 aliphatic heterocycles. The first kappa shape index (κ1) is 15.0. The van der Waals surface area contributed by atoms with E-state index in [9.17, 15) is 4.79 Å². The Labute approximate surface area is 131 Å². The minimum atomic E-state index is -0.593. The van der Waals surface area contributed by atoms with E-state index in [1.165, 1.54) is 4.90 Å². The van der Waals surface area contributed by atoms with Crippen LogP contribution >= 0.6 is 34.8 Å². The topological polar surface area (TPSA) is 46.3 Å². The Balaban J connectivity index is 2.33. The Kier molecular flexibility index (Phi) is 4.76. The average molecular weight is 330 g/mol. The molecule has 6 heteroatoms. The molecule has 0 aliphatic carbocycles. The minimum absolute atomic E-state index is 0.260. The van der Waals surface area contributed by atoms with Gasteiger partial charge in [0, 0.05) is 0 Å². The molecule has 0 heterocycles. The zero-order valence-corrected chi connectivity index (χ0v) is 12.6. The molecule has 0 saturated heterocycles. The summed E-state index contributed by atoms with van der Waals surface area (Å²) in [5.74, 6) is 0. The van der Waals surface area contributed by atoms with Crippen molar-refractivity contribution in [3.05, 3.63) is 63.1 Å². The van der Waals surface area contributed by atoms with Crippen molar-refractivity contribution in [3.8, 4) is 0 Å². The van der Waals surface area contributed by atoms with E-state index in [1.807, 2.05) is 0 Å². The van der Waals surface area contributed by atoms with Gasteiger partial charge in [0.15, 0.2) is 0 Å². The van der Waals surface area contributed by atoms with Crippen molar-refractivity contribution >= 4 is 46.5 Å². The monoisotopic (exact) mass is 328 g/mol. The summed E-state index contributed by atoms with van der Waals surface area (Å²) in [6, 6.07) is 11.5. The molecule has 20 heavy (non-hydrogen) atoms. The Morgan fingerprint density at radius 1 is 1.00 bits per heavy atom. The number of hydrogen-bond acceptors (Lipinski definition) is 1. The van der Waals surface area contributed by atoms with Gasteiger partial charge < -0.3 is 5.73 Å². The number of urea groups is 1. The van der Waals surface area contributed by atoms with E-state index in [2.05, 4.69) is 0 Å². The lowest BCUT2D eigenvalue weighted by atomic mass is 10.2. The van der Waals surface area contributed by atoms with Crippen molar-refractivity contribution in [2.24, 2.45) is 5.73 Å². The third-order valence-electron chi connectivity index (χ3n) is 2.73. The van der Waals surface area contributed by atoms with Crippen molar-refractivity contribution < 1.29 is 4.79 Å². The number of hydrogen-bond donors (Lipinski definition) is 1. The number of nitrogens with two attached hydrogens (primary N) is 1. The number of anilines is 1. The summed E-state index contributed by atoms with van der Waals surface area (Å²) in [6.07, 6.45) is 0. The molecule has 2 aromatic carbocycles. The number of benzene rings is 2. The lowest BCUT2D eigenvalue weighted by Gasteiger charge is -2.22. The predicted molar refractivity (Wildman–Crippen MR) is 83.7 cm³/mol. The smallest absolute Gasteiger partial charge is 0.319 e. The number of carbonyl (C=O) groups excluding carboxylic acids is 1. The largest absolute Gasteiger partial charge is 0.351 e. The summed E-state index contributed by atoms with van der Waals surface area (Å²) >= 11 is 17.9. The molecule has 3 nitrogen and oxygen atoms in total. The van der Waals surface area contributed by atoms with E-state index < -0.39 is 6.03 Å². The molecule has 2 amide bonds. The van der Waals surface area contributed by atoms with E-state index >= 15 is 0 Å². The molecular formula is C14H11Cl3N2O. The maximum atomic E-state index is 11.6. The number of amides is 2. The Bertz CT molecular complexity index is 646. The molecule has 0 radical (unpaired) electrons. The van der Waals surface area contributed by atoms with Gasteiger partial charge in [-0.1, -0.05) is 53.0 Å². The first-order valence-corrected chi connectivity index (χ1v) is 6.88. The molecule has 0 unspecified atom stereocenters. The maximum Gasteiger partial charge on any atom is 0.319 e. The van der Waals surface area contributed by atoms with E-state index in [1.54, 1.807) is 42.5 Å². The van der Waals surface area contributed by atoms with Crippen LogP contribution in [0.2, 0.25) is 15.1 Å². The van der Waals surface area contributed by atoms with Crippen LogP contribution in [0.5, 0.6) is 0 Å². The lowest BCUT2D eigenvalue weighted by molar-refractivity contribution is 0.253. The predicted octanol–water partition coefficient (Wildman–Crippen LogP) is 4.73. The van der Waals surface area contributed by atoms with Crippen LogP contribution in [0.1, 0.15) is 5.56 Å². The Hall–Kier alpha value is -1.42. The highest BCUT2D eigenvalue weighted by Crippen LogP contribution is 2.28. The molecule has 0 spiro atoms. The van der Waals surface area contributed by atoms with Gasteiger partial charge in [-0.3, -0.25) is 4.90 Å². The molecule has 0 bridgehead atoms. The normalized spacial score (nSPS) is 10.3. The number of carbonyl (C=O) groups is 1. The Morgan fingerprint density at radius 3 is 2.30 bits per heavy atom. The summed E-state index contributed by atoms with van der Waals surface area (Å²) in [7, 11) is 0. The van der Waals surface area contributed by atoms with Gasteiger partial charge in [-0.15, -0.1) is 0 Å². The fraction of sp³-hybridized carbons (Fsp3) is 0.0714. The standard InChI is InChI=1S/C14H11Cl3N2O/c15-10-6-5-9(7-12(10)17)8-19(14(18)20)13-4-2-1-3-11(13)16/h1-7H,8H2,(H2,18,20). The van der Waals surface area contributed by atoms with Crippen LogP contribution in [-0.2, 0) is 6.54 Å². The molecule has 104 valence electrons. The molecule has 0 aliphatic rings. The van der Waals surface area contributed by atoms with Crippen LogP contribution in [0, 0.1) is 0 Å². The highest BCUT2D eigenvalue weighted by molar-refractivity contribution is 6.42. The highest BCUT2D eigenvalue weighted by Gasteiger charge is 2.16. The van der Waals surface area contributed by atoms with Gasteiger partial charge in [0.05, 0.1) is 27.3 Å². The van der Waals surface area contributed by atoms with Gasteiger partial charge in [-0.05, 0) is 29.8 Å². The maximum absolute atomic E-state index is 11.6. The number of para-hydroxylation sites is 1. The van der Waals surface area contributed by atoms with Crippen molar-refractivity contribution in [1.29, 1.82) is 0 Å². The number of halogens is 3. The number of nitrogens with zero attached hydrogens (tertiary/aromatic N) is 1. The molecule has 0 saturated carbocycles. The van der Waals surface area contributed by atoms with Gasteiger partial charge in [0.1, 0.15) is 0 Å². The van der Waals surface area contributed by atoms with Gasteiger partial charge >= 0.3 is 6.03 Å².